The second kappa shape index (κ2) is 6.25. The number of cyclic esters (lactones) is 1. The van der Waals surface area contributed by atoms with Crippen LogP contribution in [-0.2, 0) is 11.2 Å². The van der Waals surface area contributed by atoms with Crippen LogP contribution in [0.1, 0.15) is 29.3 Å². The topological polar surface area (TPSA) is 67.9 Å². The van der Waals surface area contributed by atoms with Gasteiger partial charge in [0.1, 0.15) is 11.9 Å². The number of hydrogen-bond acceptors (Lipinski definition) is 4. The summed E-state index contributed by atoms with van der Waals surface area (Å²) in [6.07, 6.45) is 1.53. The number of nitrogens with zero attached hydrogens (tertiary/aromatic N) is 1. The Morgan fingerprint density at radius 2 is 2.32 bits per heavy atom. The van der Waals surface area contributed by atoms with Crippen molar-refractivity contribution in [1.82, 2.24) is 10.2 Å². The predicted molar refractivity (Wildman–Crippen MR) is 80.1 cm³/mol. The molecule has 22 heavy (non-hydrogen) atoms. The van der Waals surface area contributed by atoms with Crippen LogP contribution >= 0.6 is 0 Å². The zero-order chi connectivity index (χ0) is 15.5. The van der Waals surface area contributed by atoms with Gasteiger partial charge in [-0.1, -0.05) is 0 Å². The van der Waals surface area contributed by atoms with Gasteiger partial charge in [-0.3, -0.25) is 4.79 Å². The molecule has 118 valence electrons. The molecule has 2 aliphatic heterocycles. The predicted octanol–water partition coefficient (Wildman–Crippen LogP) is 1.58. The van der Waals surface area contributed by atoms with E-state index >= 15 is 0 Å². The normalized spacial score (nSPS) is 20.1. The molecule has 0 radical (unpaired) electrons. The maximum Gasteiger partial charge on any atom is 0.409 e. The Labute approximate surface area is 129 Å². The molecule has 1 fully saturated rings. The molecule has 1 saturated heterocycles. The zero-order valence-corrected chi connectivity index (χ0v) is 12.6. The van der Waals surface area contributed by atoms with Gasteiger partial charge >= 0.3 is 6.09 Å². The maximum absolute atomic E-state index is 12.2. The molecule has 6 heteroatoms. The van der Waals surface area contributed by atoms with Gasteiger partial charge in [-0.25, -0.2) is 4.79 Å². The van der Waals surface area contributed by atoms with E-state index < -0.39 is 0 Å². The van der Waals surface area contributed by atoms with Crippen LogP contribution in [0.4, 0.5) is 4.79 Å². The van der Waals surface area contributed by atoms with Crippen molar-refractivity contribution in [2.75, 3.05) is 26.2 Å². The molecule has 0 spiro atoms. The number of nitrogens with one attached hydrogen (secondary N) is 1. The zero-order valence-electron chi connectivity index (χ0n) is 12.6. The van der Waals surface area contributed by atoms with Crippen molar-refractivity contribution in [2.45, 2.75) is 25.9 Å². The van der Waals surface area contributed by atoms with E-state index in [1.807, 2.05) is 19.1 Å². The lowest BCUT2D eigenvalue weighted by molar-refractivity contribution is 0.0719. The van der Waals surface area contributed by atoms with E-state index in [0.717, 1.165) is 24.2 Å². The van der Waals surface area contributed by atoms with Gasteiger partial charge < -0.3 is 19.7 Å². The average Bonchev–Trinajstić information content (AvgIpc) is 2.88. The lowest BCUT2D eigenvalue weighted by Gasteiger charge is -2.26. The molecule has 2 heterocycles. The summed E-state index contributed by atoms with van der Waals surface area (Å²) in [7, 11) is 0. The summed E-state index contributed by atoms with van der Waals surface area (Å²) in [6, 6.07) is 5.49. The Morgan fingerprint density at radius 1 is 1.45 bits per heavy atom. The third-order valence-corrected chi connectivity index (χ3v) is 3.88. The summed E-state index contributed by atoms with van der Waals surface area (Å²) < 4.78 is 10.6. The molecule has 1 aromatic carbocycles. The molecule has 1 N–H and O–H groups in total. The van der Waals surface area contributed by atoms with Crippen molar-refractivity contribution in [3.63, 3.8) is 0 Å². The molecule has 1 aromatic rings. The van der Waals surface area contributed by atoms with Crippen molar-refractivity contribution in [1.29, 1.82) is 0 Å². The van der Waals surface area contributed by atoms with Gasteiger partial charge in [0.05, 0.1) is 6.61 Å². The minimum atomic E-state index is -0.302. The smallest absolute Gasteiger partial charge is 0.409 e. The molecule has 6 nitrogen and oxygen atoms in total. The molecular weight excluding hydrogens is 284 g/mol. The Kier molecular flexibility index (Phi) is 4.18. The van der Waals surface area contributed by atoms with Crippen LogP contribution in [0.25, 0.3) is 0 Å². The van der Waals surface area contributed by atoms with E-state index in [9.17, 15) is 9.59 Å². The number of amides is 2. The van der Waals surface area contributed by atoms with Crippen molar-refractivity contribution in [2.24, 2.45) is 0 Å². The number of carbonyl (C=O) groups is 2. The summed E-state index contributed by atoms with van der Waals surface area (Å²) in [4.78, 5) is 25.3. The number of ether oxygens (including phenoxy) is 2. The van der Waals surface area contributed by atoms with Crippen molar-refractivity contribution >= 4 is 12.0 Å². The molecule has 0 aromatic heterocycles. The second-order valence-electron chi connectivity index (χ2n) is 5.67. The van der Waals surface area contributed by atoms with Gasteiger partial charge in [0.15, 0.2) is 0 Å². The van der Waals surface area contributed by atoms with Gasteiger partial charge in [-0.05, 0) is 37.1 Å². The highest BCUT2D eigenvalue weighted by atomic mass is 16.6. The Bertz CT molecular complexity index is 588. The van der Waals surface area contributed by atoms with Crippen molar-refractivity contribution in [3.8, 4) is 5.75 Å². The van der Waals surface area contributed by atoms with E-state index in [2.05, 4.69) is 5.32 Å². The lowest BCUT2D eigenvalue weighted by atomic mass is 10.1. The van der Waals surface area contributed by atoms with Crippen LogP contribution in [0.15, 0.2) is 18.2 Å². The number of benzene rings is 1. The van der Waals surface area contributed by atoms with E-state index in [-0.39, 0.29) is 18.1 Å². The first kappa shape index (κ1) is 14.7. The second-order valence-corrected chi connectivity index (χ2v) is 5.67. The average molecular weight is 304 g/mol. The van der Waals surface area contributed by atoms with Gasteiger partial charge in [-0.15, -0.1) is 0 Å². The summed E-state index contributed by atoms with van der Waals surface area (Å²) in [6.45, 7) is 4.06. The van der Waals surface area contributed by atoms with E-state index in [0.29, 0.717) is 31.8 Å². The number of hydrogen-bond donors (Lipinski definition) is 1. The highest BCUT2D eigenvalue weighted by molar-refractivity contribution is 5.94. The van der Waals surface area contributed by atoms with E-state index in [1.165, 1.54) is 0 Å². The summed E-state index contributed by atoms with van der Waals surface area (Å²) >= 11 is 0. The van der Waals surface area contributed by atoms with Crippen molar-refractivity contribution < 1.29 is 19.1 Å². The Hall–Kier alpha value is -2.24. The van der Waals surface area contributed by atoms with Gasteiger partial charge in [0, 0.05) is 31.6 Å². The highest BCUT2D eigenvalue weighted by Crippen LogP contribution is 2.29. The fourth-order valence-electron chi connectivity index (χ4n) is 2.77. The standard InChI is InChI=1S/C16H20N2O4/c1-11-9-13-10-12(3-4-14(13)22-11)15(19)17-5-7-18-6-2-8-21-16(18)20/h3-4,10-11H,2,5-9H2,1H3,(H,17,19)/t11-/m1/s1. The highest BCUT2D eigenvalue weighted by Gasteiger charge is 2.21. The fraction of sp³-hybridized carbons (Fsp3) is 0.500. The van der Waals surface area contributed by atoms with E-state index in [1.54, 1.807) is 11.0 Å². The number of carbonyl (C=O) groups excluding carboxylic acids is 2. The third kappa shape index (κ3) is 3.16. The molecule has 0 bridgehead atoms. The number of fused-ring (bicyclic) bond motifs is 1. The van der Waals surface area contributed by atoms with Crippen LogP contribution in [0, 0.1) is 0 Å². The lowest BCUT2D eigenvalue weighted by Crippen LogP contribution is -2.42. The first-order valence-electron chi connectivity index (χ1n) is 7.63. The van der Waals surface area contributed by atoms with Gasteiger partial charge in [0.25, 0.3) is 5.91 Å². The largest absolute Gasteiger partial charge is 0.490 e. The first-order chi connectivity index (χ1) is 10.6. The molecule has 2 aliphatic rings. The molecule has 3 rings (SSSR count). The minimum absolute atomic E-state index is 0.132. The Morgan fingerprint density at radius 3 is 3.14 bits per heavy atom. The third-order valence-electron chi connectivity index (χ3n) is 3.88. The van der Waals surface area contributed by atoms with E-state index in [4.69, 9.17) is 9.47 Å². The Balaban J connectivity index is 1.52. The molecule has 0 saturated carbocycles. The minimum Gasteiger partial charge on any atom is -0.490 e. The van der Waals surface area contributed by atoms with Crippen LogP contribution in [-0.4, -0.2) is 49.2 Å². The van der Waals surface area contributed by atoms with Crippen molar-refractivity contribution in [3.05, 3.63) is 29.3 Å². The summed E-state index contributed by atoms with van der Waals surface area (Å²) in [5.41, 5.74) is 1.69. The van der Waals surface area contributed by atoms with Crippen LogP contribution in [0.5, 0.6) is 5.75 Å². The summed E-state index contributed by atoms with van der Waals surface area (Å²) in [5.74, 6) is 0.729. The van der Waals surface area contributed by atoms with Crippen LogP contribution < -0.4 is 10.1 Å². The van der Waals surface area contributed by atoms with Gasteiger partial charge in [0.2, 0.25) is 0 Å². The maximum atomic E-state index is 12.2. The van der Waals surface area contributed by atoms with Crippen LogP contribution in [0.2, 0.25) is 0 Å². The molecule has 0 aliphatic carbocycles. The SMILES string of the molecule is C[C@@H]1Cc2cc(C(=O)NCCN3CCCOC3=O)ccc2O1. The van der Waals surface area contributed by atoms with Gasteiger partial charge in [-0.2, -0.15) is 0 Å². The monoisotopic (exact) mass is 304 g/mol. The molecule has 2 amide bonds. The molecule has 0 unspecified atom stereocenters. The van der Waals surface area contributed by atoms with Crippen LogP contribution in [0.3, 0.4) is 0 Å². The summed E-state index contributed by atoms with van der Waals surface area (Å²) in [5, 5.41) is 2.84. The quantitative estimate of drug-likeness (QED) is 0.917. The molecular formula is C16H20N2O4. The fourth-order valence-corrected chi connectivity index (χ4v) is 2.77. The molecule has 1 atom stereocenters. The number of rotatable bonds is 4. The first-order valence-corrected chi connectivity index (χ1v) is 7.63.